The van der Waals surface area contributed by atoms with Gasteiger partial charge in [-0.25, -0.2) is 9.97 Å². The number of aromatic nitrogens is 2. The Balaban J connectivity index is 2.31. The first kappa shape index (κ1) is 16.5. The molecular weight excluding hydrogens is 306 g/mol. The minimum Gasteiger partial charge on any atom is -0.396 e. The van der Waals surface area contributed by atoms with Gasteiger partial charge in [-0.3, -0.25) is 0 Å². The molecule has 116 valence electrons. The molecule has 21 heavy (non-hydrogen) atoms. The molecule has 4 nitrogen and oxygen atoms in total. The molecule has 0 aromatic carbocycles. The summed E-state index contributed by atoms with van der Waals surface area (Å²) in [7, 11) is 0. The molecule has 0 aliphatic rings. The predicted molar refractivity (Wildman–Crippen MR) is 90.4 cm³/mol. The molecule has 0 saturated heterocycles. The zero-order valence-electron chi connectivity index (χ0n) is 12.7. The van der Waals surface area contributed by atoms with Crippen molar-refractivity contribution >= 4 is 39.0 Å². The molecule has 2 heterocycles. The lowest BCUT2D eigenvalue weighted by Gasteiger charge is -2.29. The number of hydrogen-bond acceptors (Lipinski definition) is 5. The van der Waals surface area contributed by atoms with Gasteiger partial charge in [-0.2, -0.15) is 0 Å². The van der Waals surface area contributed by atoms with Crippen molar-refractivity contribution in [2.24, 2.45) is 5.41 Å². The third-order valence-electron chi connectivity index (χ3n) is 4.23. The number of nitrogens with zero attached hydrogens (tertiary/aromatic N) is 2. The summed E-state index contributed by atoms with van der Waals surface area (Å²) in [6, 6.07) is 2.12. The summed E-state index contributed by atoms with van der Waals surface area (Å²) in [5.74, 6) is 0.765. The van der Waals surface area contributed by atoms with Gasteiger partial charge in [0.05, 0.1) is 12.0 Å². The van der Waals surface area contributed by atoms with Crippen molar-refractivity contribution < 1.29 is 5.11 Å². The van der Waals surface area contributed by atoms with E-state index in [1.54, 1.807) is 11.3 Å². The van der Waals surface area contributed by atoms with Gasteiger partial charge in [0.1, 0.15) is 10.6 Å². The van der Waals surface area contributed by atoms with Crippen LogP contribution in [0.1, 0.15) is 38.5 Å². The van der Waals surface area contributed by atoms with Gasteiger partial charge < -0.3 is 10.4 Å². The molecule has 0 atom stereocenters. The molecule has 0 amide bonds. The molecule has 0 radical (unpaired) electrons. The zero-order valence-corrected chi connectivity index (χ0v) is 14.3. The van der Waals surface area contributed by atoms with Gasteiger partial charge in [0, 0.05) is 16.8 Å². The second-order valence-electron chi connectivity index (χ2n) is 5.35. The summed E-state index contributed by atoms with van der Waals surface area (Å²) < 4.78 is 0. The van der Waals surface area contributed by atoms with Gasteiger partial charge in [-0.05, 0) is 36.9 Å². The van der Waals surface area contributed by atoms with E-state index in [4.69, 9.17) is 11.6 Å². The van der Waals surface area contributed by atoms with E-state index in [1.807, 2.05) is 0 Å². The van der Waals surface area contributed by atoms with Crippen LogP contribution in [0.2, 0.25) is 5.28 Å². The number of aryl methyl sites for hydroxylation is 1. The van der Waals surface area contributed by atoms with Crippen molar-refractivity contribution in [2.75, 3.05) is 18.5 Å². The van der Waals surface area contributed by atoms with Gasteiger partial charge in [-0.15, -0.1) is 11.3 Å². The maximum absolute atomic E-state index is 9.67. The maximum atomic E-state index is 9.67. The topological polar surface area (TPSA) is 58.0 Å². The lowest BCUT2D eigenvalue weighted by atomic mass is 9.83. The van der Waals surface area contributed by atoms with Crippen molar-refractivity contribution in [1.82, 2.24) is 9.97 Å². The Hall–Kier alpha value is -0.910. The highest BCUT2D eigenvalue weighted by Crippen LogP contribution is 2.32. The number of rotatable bonds is 7. The summed E-state index contributed by atoms with van der Waals surface area (Å²) in [6.45, 7) is 7.17. The molecule has 0 saturated carbocycles. The Morgan fingerprint density at radius 2 is 2.00 bits per heavy atom. The average Bonchev–Trinajstić information content (AvgIpc) is 2.92. The number of anilines is 1. The van der Waals surface area contributed by atoms with Crippen LogP contribution in [0.5, 0.6) is 0 Å². The Morgan fingerprint density at radius 1 is 1.29 bits per heavy atom. The number of aliphatic hydroxyl groups excluding tert-OH is 1. The van der Waals surface area contributed by atoms with E-state index >= 15 is 0 Å². The minimum absolute atomic E-state index is 0.118. The van der Waals surface area contributed by atoms with Crippen molar-refractivity contribution in [3.05, 3.63) is 16.2 Å². The van der Waals surface area contributed by atoms with Crippen LogP contribution in [0, 0.1) is 5.41 Å². The molecule has 2 N–H and O–H groups in total. The minimum atomic E-state index is -0.118. The Kier molecular flexibility index (Phi) is 5.41. The number of thiophene rings is 1. The first-order chi connectivity index (χ1) is 10.1. The highest BCUT2D eigenvalue weighted by molar-refractivity contribution is 7.18. The van der Waals surface area contributed by atoms with Gasteiger partial charge in [0.25, 0.3) is 0 Å². The molecule has 0 bridgehead atoms. The summed E-state index contributed by atoms with van der Waals surface area (Å²) in [6.07, 6.45) is 2.81. The molecule has 0 aliphatic carbocycles. The number of hydrogen-bond donors (Lipinski definition) is 2. The van der Waals surface area contributed by atoms with Crippen LogP contribution in [0.4, 0.5) is 5.82 Å². The van der Waals surface area contributed by atoms with Gasteiger partial charge in [0.15, 0.2) is 0 Å². The monoisotopic (exact) mass is 327 g/mol. The Labute approximate surface area is 134 Å². The zero-order chi connectivity index (χ0) is 15.5. The van der Waals surface area contributed by atoms with E-state index in [-0.39, 0.29) is 17.3 Å². The lowest BCUT2D eigenvalue weighted by molar-refractivity contribution is 0.127. The molecule has 0 spiro atoms. The summed E-state index contributed by atoms with van der Waals surface area (Å²) in [4.78, 5) is 10.8. The first-order valence-corrected chi connectivity index (χ1v) is 8.57. The predicted octanol–water partition coefficient (Wildman–Crippen LogP) is 4.12. The second kappa shape index (κ2) is 6.90. The van der Waals surface area contributed by atoms with E-state index in [1.165, 1.54) is 4.88 Å². The van der Waals surface area contributed by atoms with Crippen LogP contribution in [-0.4, -0.2) is 28.2 Å². The van der Waals surface area contributed by atoms with Crippen LogP contribution >= 0.6 is 22.9 Å². The molecule has 2 aromatic rings. The van der Waals surface area contributed by atoms with Gasteiger partial charge in [0.2, 0.25) is 5.28 Å². The van der Waals surface area contributed by atoms with Crippen molar-refractivity contribution in [3.63, 3.8) is 0 Å². The number of fused-ring (bicyclic) bond motifs is 1. The van der Waals surface area contributed by atoms with Gasteiger partial charge in [-0.1, -0.05) is 20.8 Å². The molecular formula is C15H22ClN3OS. The number of aliphatic hydroxyl groups is 1. The van der Waals surface area contributed by atoms with Crippen LogP contribution in [0.25, 0.3) is 10.2 Å². The Bertz CT molecular complexity index is 602. The van der Waals surface area contributed by atoms with Crippen molar-refractivity contribution in [3.8, 4) is 0 Å². The average molecular weight is 328 g/mol. The van der Waals surface area contributed by atoms with Crippen LogP contribution < -0.4 is 5.32 Å². The first-order valence-electron chi connectivity index (χ1n) is 7.38. The fourth-order valence-electron chi connectivity index (χ4n) is 2.31. The number of halogens is 1. The quantitative estimate of drug-likeness (QED) is 0.751. The standard InChI is InChI=1S/C15H22ClN3OS/c1-4-10-7-11-12(18-14(16)19-13(11)21-10)17-8-15(5-2,6-3)9-20/h7,20H,4-6,8-9H2,1-3H3,(H,17,18,19). The summed E-state index contributed by atoms with van der Waals surface area (Å²) in [5.41, 5.74) is -0.118. The van der Waals surface area contributed by atoms with Crippen molar-refractivity contribution in [1.29, 1.82) is 0 Å². The summed E-state index contributed by atoms with van der Waals surface area (Å²) in [5, 5.41) is 14.3. The molecule has 0 fully saturated rings. The van der Waals surface area contributed by atoms with E-state index in [9.17, 15) is 5.11 Å². The van der Waals surface area contributed by atoms with E-state index in [0.717, 1.165) is 35.3 Å². The smallest absolute Gasteiger partial charge is 0.225 e. The fraction of sp³-hybridized carbons (Fsp3) is 0.600. The molecule has 2 aromatic heterocycles. The second-order valence-corrected chi connectivity index (χ2v) is 6.80. The molecule has 0 unspecified atom stereocenters. The fourth-order valence-corrected chi connectivity index (χ4v) is 3.49. The molecule has 6 heteroatoms. The van der Waals surface area contributed by atoms with Crippen LogP contribution in [0.15, 0.2) is 6.07 Å². The number of nitrogens with one attached hydrogen (secondary N) is 1. The molecule has 2 rings (SSSR count). The van der Waals surface area contributed by atoms with Crippen molar-refractivity contribution in [2.45, 2.75) is 40.0 Å². The highest BCUT2D eigenvalue weighted by Gasteiger charge is 2.25. The van der Waals surface area contributed by atoms with Crippen LogP contribution in [0.3, 0.4) is 0 Å². The van der Waals surface area contributed by atoms with Gasteiger partial charge >= 0.3 is 0 Å². The SMILES string of the molecule is CCc1cc2c(NCC(CC)(CC)CO)nc(Cl)nc2s1. The van der Waals surface area contributed by atoms with Crippen LogP contribution in [-0.2, 0) is 6.42 Å². The maximum Gasteiger partial charge on any atom is 0.225 e. The largest absolute Gasteiger partial charge is 0.396 e. The highest BCUT2D eigenvalue weighted by atomic mass is 35.5. The Morgan fingerprint density at radius 3 is 2.57 bits per heavy atom. The normalized spacial score (nSPS) is 12.0. The third-order valence-corrected chi connectivity index (χ3v) is 5.57. The lowest BCUT2D eigenvalue weighted by Crippen LogP contribution is -2.32. The van der Waals surface area contributed by atoms with E-state index in [2.05, 4.69) is 42.1 Å². The van der Waals surface area contributed by atoms with E-state index < -0.39 is 0 Å². The third kappa shape index (κ3) is 3.47. The summed E-state index contributed by atoms with van der Waals surface area (Å²) >= 11 is 7.67. The molecule has 0 aliphatic heterocycles. The van der Waals surface area contributed by atoms with E-state index in [0.29, 0.717) is 6.54 Å².